The van der Waals surface area contributed by atoms with E-state index in [1.54, 1.807) is 36.4 Å². The fourth-order valence-corrected chi connectivity index (χ4v) is 4.35. The third-order valence-corrected chi connectivity index (χ3v) is 6.52. The molecule has 1 aliphatic carbocycles. The van der Waals surface area contributed by atoms with Gasteiger partial charge in [0.05, 0.1) is 11.1 Å². The molecule has 0 aromatic heterocycles. The molecule has 0 amide bonds. The zero-order chi connectivity index (χ0) is 27.7. The van der Waals surface area contributed by atoms with E-state index >= 15 is 0 Å². The fraction of sp³-hybridized carbons (Fsp3) is 0.353. The zero-order valence-electron chi connectivity index (χ0n) is 23.6. The third-order valence-electron chi connectivity index (χ3n) is 6.52. The number of carbonyl (C=O) groups excluding carboxylic acids is 2. The molecule has 0 saturated carbocycles. The van der Waals surface area contributed by atoms with E-state index in [0.717, 1.165) is 25.7 Å². The van der Waals surface area contributed by atoms with Crippen LogP contribution in [0, 0.1) is 0 Å². The van der Waals surface area contributed by atoms with Gasteiger partial charge in [-0.3, -0.25) is 9.59 Å². The SMILES string of the molecule is CC(C)=CCC/C(C)=C/COc1cccc2c1C(=O)c1cccc(OC/C=C(\C)CCC=C(C)C)c1C2=O. The van der Waals surface area contributed by atoms with Gasteiger partial charge >= 0.3 is 0 Å². The smallest absolute Gasteiger partial charge is 0.198 e. The van der Waals surface area contributed by atoms with Gasteiger partial charge in [0, 0.05) is 11.1 Å². The van der Waals surface area contributed by atoms with Crippen molar-refractivity contribution in [2.45, 2.75) is 67.2 Å². The molecule has 0 heterocycles. The van der Waals surface area contributed by atoms with E-state index in [9.17, 15) is 9.59 Å². The molecule has 0 fully saturated rings. The Hall–Kier alpha value is -3.66. The number of carbonyl (C=O) groups is 2. The van der Waals surface area contributed by atoms with E-state index in [1.165, 1.54) is 22.3 Å². The molecule has 0 radical (unpaired) electrons. The molecule has 0 bridgehead atoms. The number of ketones is 2. The van der Waals surface area contributed by atoms with Gasteiger partial charge in [-0.2, -0.15) is 0 Å². The van der Waals surface area contributed by atoms with Crippen molar-refractivity contribution in [3.63, 3.8) is 0 Å². The highest BCUT2D eigenvalue weighted by Gasteiger charge is 2.34. The van der Waals surface area contributed by atoms with Crippen molar-refractivity contribution in [1.82, 2.24) is 0 Å². The van der Waals surface area contributed by atoms with Crippen molar-refractivity contribution in [3.8, 4) is 11.5 Å². The summed E-state index contributed by atoms with van der Waals surface area (Å²) < 4.78 is 12.0. The summed E-state index contributed by atoms with van der Waals surface area (Å²) in [5.41, 5.74) is 6.43. The van der Waals surface area contributed by atoms with Crippen molar-refractivity contribution in [2.75, 3.05) is 13.2 Å². The second-order valence-corrected chi connectivity index (χ2v) is 10.4. The molecule has 4 nitrogen and oxygen atoms in total. The van der Waals surface area contributed by atoms with Crippen LogP contribution in [0.3, 0.4) is 0 Å². The summed E-state index contributed by atoms with van der Waals surface area (Å²) in [6.45, 7) is 13.2. The van der Waals surface area contributed by atoms with Gasteiger partial charge < -0.3 is 9.47 Å². The number of fused-ring (bicyclic) bond motifs is 2. The lowest BCUT2D eigenvalue weighted by Crippen LogP contribution is -2.23. The highest BCUT2D eigenvalue weighted by molar-refractivity contribution is 6.30. The Morgan fingerprint density at radius 2 is 1.00 bits per heavy atom. The topological polar surface area (TPSA) is 52.6 Å². The first-order valence-electron chi connectivity index (χ1n) is 13.4. The molecule has 0 unspecified atom stereocenters. The van der Waals surface area contributed by atoms with Crippen molar-refractivity contribution in [1.29, 1.82) is 0 Å². The van der Waals surface area contributed by atoms with Gasteiger partial charge in [0.25, 0.3) is 0 Å². The summed E-state index contributed by atoms with van der Waals surface area (Å²) in [5.74, 6) is 0.434. The molecule has 0 aliphatic heterocycles. The number of allylic oxidation sites excluding steroid dienone is 6. The molecule has 2 aromatic rings. The molecular formula is C34H40O4. The van der Waals surface area contributed by atoms with Crippen LogP contribution < -0.4 is 9.47 Å². The van der Waals surface area contributed by atoms with Crippen LogP contribution in [0.4, 0.5) is 0 Å². The number of benzene rings is 2. The molecule has 4 heteroatoms. The van der Waals surface area contributed by atoms with E-state index in [0.29, 0.717) is 47.0 Å². The number of hydrogen-bond acceptors (Lipinski definition) is 4. The summed E-state index contributed by atoms with van der Waals surface area (Å²) in [6.07, 6.45) is 12.4. The molecule has 0 spiro atoms. The van der Waals surface area contributed by atoms with Gasteiger partial charge in [0.2, 0.25) is 0 Å². The minimum absolute atomic E-state index is 0.214. The largest absolute Gasteiger partial charge is 0.489 e. The molecule has 38 heavy (non-hydrogen) atoms. The van der Waals surface area contributed by atoms with Crippen LogP contribution in [0.2, 0.25) is 0 Å². The fourth-order valence-electron chi connectivity index (χ4n) is 4.35. The lowest BCUT2D eigenvalue weighted by Gasteiger charge is -2.22. The average molecular weight is 513 g/mol. The summed E-state index contributed by atoms with van der Waals surface area (Å²) in [6, 6.07) is 10.4. The monoisotopic (exact) mass is 512 g/mol. The molecule has 0 saturated heterocycles. The highest BCUT2D eigenvalue weighted by atomic mass is 16.5. The van der Waals surface area contributed by atoms with E-state index in [4.69, 9.17) is 9.47 Å². The molecule has 2 aromatic carbocycles. The second kappa shape index (κ2) is 13.8. The Morgan fingerprint density at radius 1 is 0.605 bits per heavy atom. The van der Waals surface area contributed by atoms with E-state index in [1.807, 2.05) is 12.2 Å². The van der Waals surface area contributed by atoms with Gasteiger partial charge in [0.15, 0.2) is 11.6 Å². The molecular weight excluding hydrogens is 472 g/mol. The quantitative estimate of drug-likeness (QED) is 0.228. The normalized spacial score (nSPS) is 13.0. The van der Waals surface area contributed by atoms with Crippen molar-refractivity contribution in [2.24, 2.45) is 0 Å². The second-order valence-electron chi connectivity index (χ2n) is 10.4. The van der Waals surface area contributed by atoms with Gasteiger partial charge in [-0.15, -0.1) is 0 Å². The molecule has 3 rings (SSSR count). The average Bonchev–Trinajstić information content (AvgIpc) is 2.86. The van der Waals surface area contributed by atoms with E-state index < -0.39 is 0 Å². The maximum absolute atomic E-state index is 13.6. The Labute approximate surface area is 227 Å². The summed E-state index contributed by atoms with van der Waals surface area (Å²) in [4.78, 5) is 27.1. The lowest BCUT2D eigenvalue weighted by molar-refractivity contribution is 0.0973. The molecule has 0 N–H and O–H groups in total. The van der Waals surface area contributed by atoms with Crippen LogP contribution in [-0.4, -0.2) is 24.8 Å². The van der Waals surface area contributed by atoms with Crippen molar-refractivity contribution < 1.29 is 19.1 Å². The van der Waals surface area contributed by atoms with Crippen LogP contribution in [0.25, 0.3) is 0 Å². The number of rotatable bonds is 12. The standard InChI is InChI=1S/C34H40O4/c1-23(2)11-7-13-25(5)19-21-37-29-17-9-15-27-31(29)33(35)28-16-10-18-30(32(28)34(27)36)38-22-20-26(6)14-8-12-24(3)4/h9-12,15-20H,7-8,13-14,21-22H2,1-6H3/b25-19+,26-20+. The Morgan fingerprint density at radius 3 is 1.37 bits per heavy atom. The van der Waals surface area contributed by atoms with Gasteiger partial charge in [-0.25, -0.2) is 0 Å². The first kappa shape index (κ1) is 28.9. The van der Waals surface area contributed by atoms with Crippen LogP contribution in [0.1, 0.15) is 99.1 Å². The molecule has 0 atom stereocenters. The van der Waals surface area contributed by atoms with Gasteiger partial charge in [0.1, 0.15) is 24.7 Å². The summed E-state index contributed by atoms with van der Waals surface area (Å²) in [7, 11) is 0. The van der Waals surface area contributed by atoms with Crippen LogP contribution >= 0.6 is 0 Å². The highest BCUT2D eigenvalue weighted by Crippen LogP contribution is 2.37. The zero-order valence-corrected chi connectivity index (χ0v) is 23.6. The lowest BCUT2D eigenvalue weighted by atomic mass is 9.83. The number of ether oxygens (including phenoxy) is 2. The number of hydrogen-bond donors (Lipinski definition) is 0. The van der Waals surface area contributed by atoms with E-state index in [-0.39, 0.29) is 11.6 Å². The first-order valence-corrected chi connectivity index (χ1v) is 13.4. The maximum atomic E-state index is 13.6. The van der Waals surface area contributed by atoms with Crippen LogP contribution in [0.5, 0.6) is 11.5 Å². The molecule has 200 valence electrons. The Balaban J connectivity index is 1.75. The van der Waals surface area contributed by atoms with Crippen LogP contribution in [-0.2, 0) is 0 Å². The summed E-state index contributed by atoms with van der Waals surface area (Å²) in [5, 5.41) is 0. The van der Waals surface area contributed by atoms with E-state index in [2.05, 4.69) is 53.7 Å². The molecule has 1 aliphatic rings. The Kier molecular flexibility index (Phi) is 10.5. The maximum Gasteiger partial charge on any atom is 0.198 e. The Bertz CT molecular complexity index is 1190. The minimum atomic E-state index is -0.214. The minimum Gasteiger partial charge on any atom is -0.489 e. The van der Waals surface area contributed by atoms with Crippen molar-refractivity contribution in [3.05, 3.63) is 105 Å². The predicted octanol–water partition coefficient (Wildman–Crippen LogP) is 8.61. The van der Waals surface area contributed by atoms with Gasteiger partial charge in [-0.05, 0) is 91.5 Å². The van der Waals surface area contributed by atoms with Crippen LogP contribution in [0.15, 0.2) is 83.0 Å². The first-order chi connectivity index (χ1) is 18.2. The summed E-state index contributed by atoms with van der Waals surface area (Å²) >= 11 is 0. The predicted molar refractivity (Wildman–Crippen MR) is 156 cm³/mol. The van der Waals surface area contributed by atoms with Gasteiger partial charge in [-0.1, -0.05) is 58.7 Å². The van der Waals surface area contributed by atoms with Crippen molar-refractivity contribution >= 4 is 11.6 Å². The third kappa shape index (κ3) is 7.67.